The molecule has 184 valence electrons. The molecule has 3 aromatic rings. The van der Waals surface area contributed by atoms with Crippen molar-refractivity contribution < 1.29 is 14.3 Å². The number of benzene rings is 3. The summed E-state index contributed by atoms with van der Waals surface area (Å²) in [5.74, 6) is 0.565. The first-order chi connectivity index (χ1) is 16.8. The van der Waals surface area contributed by atoms with Gasteiger partial charge in [-0.25, -0.2) is 0 Å². The first-order valence-corrected chi connectivity index (χ1v) is 12.2. The van der Waals surface area contributed by atoms with Gasteiger partial charge in [-0.05, 0) is 54.2 Å². The highest BCUT2D eigenvalue weighted by Crippen LogP contribution is 2.18. The van der Waals surface area contributed by atoms with Crippen LogP contribution in [0.25, 0.3) is 0 Å². The van der Waals surface area contributed by atoms with Crippen LogP contribution in [0.2, 0.25) is 0 Å². The lowest BCUT2D eigenvalue weighted by molar-refractivity contribution is -0.142. The van der Waals surface area contributed by atoms with Crippen molar-refractivity contribution in [2.45, 2.75) is 46.7 Å². The van der Waals surface area contributed by atoms with E-state index in [-0.39, 0.29) is 18.4 Å². The number of aryl methyl sites for hydroxylation is 2. The Morgan fingerprint density at radius 1 is 0.914 bits per heavy atom. The molecular weight excluding hydrogens is 436 g/mol. The third-order valence-corrected chi connectivity index (χ3v) is 5.91. The van der Waals surface area contributed by atoms with Gasteiger partial charge < -0.3 is 15.0 Å². The number of hydrogen-bond acceptors (Lipinski definition) is 3. The van der Waals surface area contributed by atoms with Crippen LogP contribution < -0.4 is 10.1 Å². The molecule has 0 saturated carbocycles. The molecule has 3 rings (SSSR count). The van der Waals surface area contributed by atoms with Gasteiger partial charge in [0.1, 0.15) is 11.8 Å². The number of hydrogen-bond donors (Lipinski definition) is 1. The fraction of sp³-hybridized carbons (Fsp3) is 0.333. The summed E-state index contributed by atoms with van der Waals surface area (Å²) in [6, 6.07) is 24.7. The lowest BCUT2D eigenvalue weighted by atomic mass is 10.0. The molecule has 0 aliphatic rings. The highest BCUT2D eigenvalue weighted by atomic mass is 16.5. The van der Waals surface area contributed by atoms with Crippen molar-refractivity contribution in [2.75, 3.05) is 13.2 Å². The Hall–Kier alpha value is -3.60. The molecule has 35 heavy (non-hydrogen) atoms. The molecule has 0 spiro atoms. The highest BCUT2D eigenvalue weighted by Gasteiger charge is 2.31. The number of ether oxygens (including phenoxy) is 1. The molecule has 3 aromatic carbocycles. The van der Waals surface area contributed by atoms with Crippen molar-refractivity contribution in [3.05, 3.63) is 101 Å². The smallest absolute Gasteiger partial charge is 0.261 e. The molecule has 0 radical (unpaired) electrons. The van der Waals surface area contributed by atoms with Gasteiger partial charge in [0.05, 0.1) is 0 Å². The molecule has 0 fully saturated rings. The van der Waals surface area contributed by atoms with Crippen molar-refractivity contribution in [2.24, 2.45) is 5.92 Å². The minimum Gasteiger partial charge on any atom is -0.484 e. The number of rotatable bonds is 11. The summed E-state index contributed by atoms with van der Waals surface area (Å²) < 4.78 is 5.85. The number of nitrogens with zero attached hydrogens (tertiary/aromatic N) is 1. The van der Waals surface area contributed by atoms with Crippen LogP contribution in [0.1, 0.15) is 36.1 Å². The van der Waals surface area contributed by atoms with Gasteiger partial charge in [0.25, 0.3) is 5.91 Å². The second-order valence-corrected chi connectivity index (χ2v) is 9.40. The second kappa shape index (κ2) is 12.7. The van der Waals surface area contributed by atoms with Crippen LogP contribution in [0.4, 0.5) is 0 Å². The molecule has 1 atom stereocenters. The summed E-state index contributed by atoms with van der Waals surface area (Å²) in [5, 5.41) is 3.05. The predicted molar refractivity (Wildman–Crippen MR) is 140 cm³/mol. The number of carbonyl (C=O) groups excluding carboxylic acids is 2. The molecule has 0 unspecified atom stereocenters. The Morgan fingerprint density at radius 3 is 2.31 bits per heavy atom. The zero-order valence-electron chi connectivity index (χ0n) is 21.2. The zero-order chi connectivity index (χ0) is 25.2. The quantitative estimate of drug-likeness (QED) is 0.423. The van der Waals surface area contributed by atoms with Gasteiger partial charge >= 0.3 is 0 Å². The maximum absolute atomic E-state index is 13.6. The lowest BCUT2D eigenvalue weighted by Gasteiger charge is -2.32. The van der Waals surface area contributed by atoms with Crippen molar-refractivity contribution in [3.8, 4) is 5.75 Å². The first-order valence-electron chi connectivity index (χ1n) is 12.2. The Bertz CT molecular complexity index is 1110. The van der Waals surface area contributed by atoms with E-state index in [2.05, 4.69) is 19.2 Å². The van der Waals surface area contributed by atoms with Crippen molar-refractivity contribution in [1.29, 1.82) is 0 Å². The minimum absolute atomic E-state index is 0.141. The van der Waals surface area contributed by atoms with E-state index in [1.807, 2.05) is 92.7 Å². The Morgan fingerprint density at radius 2 is 1.63 bits per heavy atom. The van der Waals surface area contributed by atoms with Gasteiger partial charge in [-0.1, -0.05) is 80.6 Å². The lowest BCUT2D eigenvalue weighted by Crippen LogP contribution is -2.52. The molecular formula is C30H36N2O3. The number of nitrogens with one attached hydrogen (secondary N) is 1. The van der Waals surface area contributed by atoms with Crippen molar-refractivity contribution in [3.63, 3.8) is 0 Å². The maximum atomic E-state index is 13.6. The second-order valence-electron chi connectivity index (χ2n) is 9.40. The predicted octanol–water partition coefficient (Wildman–Crippen LogP) is 5.09. The SMILES string of the molecule is Cc1cccc(OCC(=O)N(Cc2ccccc2C)[C@H](Cc2ccccc2)C(=O)NCC(C)C)c1. The molecule has 0 aliphatic heterocycles. The van der Waals surface area contributed by atoms with Gasteiger partial charge in [-0.2, -0.15) is 0 Å². The van der Waals surface area contributed by atoms with Crippen molar-refractivity contribution in [1.82, 2.24) is 10.2 Å². The van der Waals surface area contributed by atoms with Crippen LogP contribution in [-0.2, 0) is 22.6 Å². The van der Waals surface area contributed by atoms with E-state index in [9.17, 15) is 9.59 Å². The Balaban J connectivity index is 1.91. The monoisotopic (exact) mass is 472 g/mol. The molecule has 0 aliphatic carbocycles. The number of amides is 2. The fourth-order valence-electron chi connectivity index (χ4n) is 3.88. The molecule has 0 bridgehead atoms. The summed E-state index contributed by atoms with van der Waals surface area (Å²) in [6.07, 6.45) is 0.423. The van der Waals surface area contributed by atoms with Gasteiger partial charge in [-0.3, -0.25) is 9.59 Å². The Kier molecular flexibility index (Phi) is 9.47. The van der Waals surface area contributed by atoms with Crippen molar-refractivity contribution >= 4 is 11.8 Å². The normalized spacial score (nSPS) is 11.7. The molecule has 5 nitrogen and oxygen atoms in total. The summed E-state index contributed by atoms with van der Waals surface area (Å²) >= 11 is 0. The Labute approximate surface area is 209 Å². The average molecular weight is 473 g/mol. The van der Waals surface area contributed by atoms with Crippen LogP contribution in [0.15, 0.2) is 78.9 Å². The van der Waals surface area contributed by atoms with E-state index < -0.39 is 6.04 Å². The largest absolute Gasteiger partial charge is 0.484 e. The highest BCUT2D eigenvalue weighted by molar-refractivity contribution is 5.88. The fourth-order valence-corrected chi connectivity index (χ4v) is 3.88. The summed E-state index contributed by atoms with van der Waals surface area (Å²) in [5.41, 5.74) is 4.14. The van der Waals surface area contributed by atoms with Crippen LogP contribution >= 0.6 is 0 Å². The summed E-state index contributed by atoms with van der Waals surface area (Å²) in [7, 11) is 0. The average Bonchev–Trinajstić information content (AvgIpc) is 2.85. The first kappa shape index (κ1) is 26.0. The third kappa shape index (κ3) is 7.99. The van der Waals surface area contributed by atoms with Gasteiger partial charge in [0, 0.05) is 19.5 Å². The van der Waals surface area contributed by atoms with Gasteiger partial charge in [0.2, 0.25) is 5.91 Å². The summed E-state index contributed by atoms with van der Waals surface area (Å²) in [6.45, 7) is 8.85. The summed E-state index contributed by atoms with van der Waals surface area (Å²) in [4.78, 5) is 28.7. The molecule has 1 N–H and O–H groups in total. The van der Waals surface area contributed by atoms with Crippen LogP contribution in [0, 0.1) is 19.8 Å². The van der Waals surface area contributed by atoms with Gasteiger partial charge in [0.15, 0.2) is 6.61 Å². The standard InChI is InChI=1S/C30H36N2O3/c1-22(2)19-31-30(34)28(18-25-13-6-5-7-14-25)32(20-26-15-9-8-12-24(26)4)29(33)21-35-27-16-10-11-23(3)17-27/h5-17,22,28H,18-21H2,1-4H3,(H,31,34)/t28-/m1/s1. The van der Waals surface area contributed by atoms with E-state index in [1.54, 1.807) is 4.90 Å². The molecule has 0 saturated heterocycles. The molecule has 0 heterocycles. The van der Waals surface area contributed by atoms with Crippen LogP contribution in [-0.4, -0.2) is 35.9 Å². The molecule has 0 aromatic heterocycles. The maximum Gasteiger partial charge on any atom is 0.261 e. The van der Waals surface area contributed by atoms with Gasteiger partial charge in [-0.15, -0.1) is 0 Å². The minimum atomic E-state index is -0.663. The van der Waals surface area contributed by atoms with E-state index in [1.165, 1.54) is 0 Å². The molecule has 2 amide bonds. The van der Waals surface area contributed by atoms with E-state index in [0.29, 0.717) is 31.2 Å². The topological polar surface area (TPSA) is 58.6 Å². The zero-order valence-corrected chi connectivity index (χ0v) is 21.2. The molecule has 5 heteroatoms. The third-order valence-electron chi connectivity index (χ3n) is 5.91. The number of carbonyl (C=O) groups is 2. The van der Waals surface area contributed by atoms with Crippen LogP contribution in [0.3, 0.4) is 0 Å². The van der Waals surface area contributed by atoms with E-state index in [0.717, 1.165) is 22.3 Å². The van der Waals surface area contributed by atoms with E-state index in [4.69, 9.17) is 4.74 Å². The van der Waals surface area contributed by atoms with Crippen LogP contribution in [0.5, 0.6) is 5.75 Å². The van der Waals surface area contributed by atoms with E-state index >= 15 is 0 Å².